The van der Waals surface area contributed by atoms with Crippen LogP contribution in [0.4, 0.5) is 0 Å². The number of ether oxygens (including phenoxy) is 1. The van der Waals surface area contributed by atoms with Gasteiger partial charge in [0, 0.05) is 6.54 Å². The molecule has 3 rings (SSSR count). The summed E-state index contributed by atoms with van der Waals surface area (Å²) in [6, 6.07) is 6.52. The van der Waals surface area contributed by atoms with Crippen LogP contribution in [0.15, 0.2) is 29.2 Å². The van der Waals surface area contributed by atoms with Gasteiger partial charge in [-0.2, -0.15) is 0 Å². The van der Waals surface area contributed by atoms with Gasteiger partial charge in [-0.3, -0.25) is 0 Å². The standard InChI is InChI=1S/C15H21NO3S/c1-19-14-4-6-15(7-5-14)20(17,18)16-10-13-9-11-2-3-12(13)8-11/h4-7,11-13,16H,2-3,8-10H2,1H3/t11-,12+,13+/m0/s1. The molecule has 0 spiro atoms. The third-order valence-electron chi connectivity index (χ3n) is 4.79. The van der Waals surface area contributed by atoms with E-state index in [0.29, 0.717) is 23.1 Å². The zero-order valence-electron chi connectivity index (χ0n) is 11.7. The lowest BCUT2D eigenvalue weighted by Crippen LogP contribution is -2.31. The van der Waals surface area contributed by atoms with Crippen LogP contribution in [0.25, 0.3) is 0 Å². The first-order valence-corrected chi connectivity index (χ1v) is 8.70. The van der Waals surface area contributed by atoms with Gasteiger partial charge in [-0.25, -0.2) is 13.1 Å². The van der Waals surface area contributed by atoms with Gasteiger partial charge in [-0.1, -0.05) is 6.42 Å². The van der Waals surface area contributed by atoms with E-state index in [2.05, 4.69) is 4.72 Å². The molecule has 5 heteroatoms. The van der Waals surface area contributed by atoms with E-state index in [0.717, 1.165) is 11.8 Å². The highest BCUT2D eigenvalue weighted by Gasteiger charge is 2.39. The summed E-state index contributed by atoms with van der Waals surface area (Å²) in [6.07, 6.45) is 5.11. The Morgan fingerprint density at radius 3 is 2.50 bits per heavy atom. The van der Waals surface area contributed by atoms with Crippen LogP contribution in [-0.4, -0.2) is 22.1 Å². The molecule has 0 unspecified atom stereocenters. The van der Waals surface area contributed by atoms with E-state index in [1.807, 2.05) is 0 Å². The highest BCUT2D eigenvalue weighted by molar-refractivity contribution is 7.89. The molecule has 0 radical (unpaired) electrons. The first kappa shape index (κ1) is 13.9. The van der Waals surface area contributed by atoms with E-state index in [4.69, 9.17) is 4.74 Å². The van der Waals surface area contributed by atoms with E-state index in [9.17, 15) is 8.42 Å². The quantitative estimate of drug-likeness (QED) is 0.907. The van der Waals surface area contributed by atoms with E-state index in [1.165, 1.54) is 25.7 Å². The molecule has 3 atom stereocenters. The van der Waals surface area contributed by atoms with E-state index < -0.39 is 10.0 Å². The van der Waals surface area contributed by atoms with Crippen LogP contribution in [-0.2, 0) is 10.0 Å². The van der Waals surface area contributed by atoms with Gasteiger partial charge >= 0.3 is 0 Å². The van der Waals surface area contributed by atoms with Crippen molar-refractivity contribution in [1.29, 1.82) is 0 Å². The SMILES string of the molecule is COc1ccc(S(=O)(=O)NC[C@H]2C[C@H]3CC[C@@H]2C3)cc1. The molecule has 4 nitrogen and oxygen atoms in total. The molecule has 0 heterocycles. The van der Waals surface area contributed by atoms with Gasteiger partial charge in [0.1, 0.15) is 5.75 Å². The molecule has 2 aliphatic rings. The lowest BCUT2D eigenvalue weighted by atomic mass is 9.89. The summed E-state index contributed by atoms with van der Waals surface area (Å²) in [7, 11) is -1.83. The van der Waals surface area contributed by atoms with Crippen molar-refractivity contribution < 1.29 is 13.2 Å². The zero-order chi connectivity index (χ0) is 14.2. The summed E-state index contributed by atoms with van der Waals surface area (Å²) >= 11 is 0. The predicted octanol–water partition coefficient (Wildman–Crippen LogP) is 2.41. The molecule has 1 aromatic carbocycles. The minimum atomic E-state index is -3.40. The molecule has 2 aliphatic carbocycles. The highest BCUT2D eigenvalue weighted by atomic mass is 32.2. The summed E-state index contributed by atoms with van der Waals surface area (Å²) in [5.74, 6) is 2.77. The third-order valence-corrected chi connectivity index (χ3v) is 6.23. The second-order valence-corrected chi connectivity index (χ2v) is 7.73. The fourth-order valence-electron chi connectivity index (χ4n) is 3.68. The zero-order valence-corrected chi connectivity index (χ0v) is 12.5. The first-order chi connectivity index (χ1) is 9.58. The molecule has 0 amide bonds. The number of rotatable bonds is 5. The molecule has 1 aromatic rings. The molecule has 0 saturated heterocycles. The van der Waals surface area contributed by atoms with Gasteiger partial charge in [0.25, 0.3) is 0 Å². The van der Waals surface area contributed by atoms with Gasteiger partial charge in [0.05, 0.1) is 12.0 Å². The first-order valence-electron chi connectivity index (χ1n) is 7.22. The Labute approximate surface area is 120 Å². The Bertz CT molecular complexity index is 567. The molecule has 20 heavy (non-hydrogen) atoms. The molecular formula is C15H21NO3S. The molecule has 110 valence electrons. The number of hydrogen-bond donors (Lipinski definition) is 1. The van der Waals surface area contributed by atoms with Crippen molar-refractivity contribution in [3.63, 3.8) is 0 Å². The second-order valence-electron chi connectivity index (χ2n) is 5.96. The second kappa shape index (κ2) is 5.37. The molecule has 2 bridgehead atoms. The minimum absolute atomic E-state index is 0.307. The van der Waals surface area contributed by atoms with E-state index in [1.54, 1.807) is 31.4 Å². The van der Waals surface area contributed by atoms with Crippen LogP contribution in [0.1, 0.15) is 25.7 Å². The maximum Gasteiger partial charge on any atom is 0.240 e. The third kappa shape index (κ3) is 2.69. The van der Waals surface area contributed by atoms with Gasteiger partial charge in [-0.05, 0) is 61.3 Å². The topological polar surface area (TPSA) is 55.4 Å². The molecule has 2 saturated carbocycles. The van der Waals surface area contributed by atoms with Crippen LogP contribution in [0.3, 0.4) is 0 Å². The van der Waals surface area contributed by atoms with Crippen LogP contribution >= 0.6 is 0 Å². The summed E-state index contributed by atoms with van der Waals surface area (Å²) < 4.78 is 32.3. The Balaban J connectivity index is 1.63. The van der Waals surface area contributed by atoms with Gasteiger partial charge in [0.2, 0.25) is 10.0 Å². The Morgan fingerprint density at radius 2 is 1.95 bits per heavy atom. The molecule has 0 aromatic heterocycles. The minimum Gasteiger partial charge on any atom is -0.497 e. The van der Waals surface area contributed by atoms with Crippen LogP contribution in [0.2, 0.25) is 0 Å². The molecule has 2 fully saturated rings. The van der Waals surface area contributed by atoms with Crippen molar-refractivity contribution in [2.24, 2.45) is 17.8 Å². The van der Waals surface area contributed by atoms with E-state index in [-0.39, 0.29) is 0 Å². The number of methoxy groups -OCH3 is 1. The largest absolute Gasteiger partial charge is 0.497 e. The maximum atomic E-state index is 12.2. The fourth-order valence-corrected chi connectivity index (χ4v) is 4.78. The lowest BCUT2D eigenvalue weighted by Gasteiger charge is -2.21. The molecular weight excluding hydrogens is 274 g/mol. The van der Waals surface area contributed by atoms with Crippen molar-refractivity contribution >= 4 is 10.0 Å². The average molecular weight is 295 g/mol. The Hall–Kier alpha value is -1.07. The van der Waals surface area contributed by atoms with Crippen molar-refractivity contribution in [3.8, 4) is 5.75 Å². The average Bonchev–Trinajstić information content (AvgIpc) is 3.08. The molecule has 1 N–H and O–H groups in total. The number of fused-ring (bicyclic) bond motifs is 2. The highest BCUT2D eigenvalue weighted by Crippen LogP contribution is 2.48. The number of nitrogens with one attached hydrogen (secondary N) is 1. The molecule has 0 aliphatic heterocycles. The Morgan fingerprint density at radius 1 is 1.20 bits per heavy atom. The summed E-state index contributed by atoms with van der Waals surface area (Å²) in [6.45, 7) is 0.579. The van der Waals surface area contributed by atoms with Crippen molar-refractivity contribution in [1.82, 2.24) is 4.72 Å². The maximum absolute atomic E-state index is 12.2. The summed E-state index contributed by atoms with van der Waals surface area (Å²) in [4.78, 5) is 0.307. The van der Waals surface area contributed by atoms with Crippen LogP contribution in [0.5, 0.6) is 5.75 Å². The monoisotopic (exact) mass is 295 g/mol. The fraction of sp³-hybridized carbons (Fsp3) is 0.600. The van der Waals surface area contributed by atoms with Gasteiger partial charge in [0.15, 0.2) is 0 Å². The van der Waals surface area contributed by atoms with E-state index >= 15 is 0 Å². The Kier molecular flexibility index (Phi) is 3.73. The number of benzene rings is 1. The van der Waals surface area contributed by atoms with Crippen molar-refractivity contribution in [2.75, 3.05) is 13.7 Å². The summed E-state index contributed by atoms with van der Waals surface area (Å²) in [5.41, 5.74) is 0. The van der Waals surface area contributed by atoms with Gasteiger partial charge in [-0.15, -0.1) is 0 Å². The van der Waals surface area contributed by atoms with Crippen molar-refractivity contribution in [2.45, 2.75) is 30.6 Å². The summed E-state index contributed by atoms with van der Waals surface area (Å²) in [5, 5.41) is 0. The normalized spacial score (nSPS) is 28.8. The van der Waals surface area contributed by atoms with Crippen LogP contribution in [0, 0.1) is 17.8 Å². The number of hydrogen-bond acceptors (Lipinski definition) is 3. The smallest absolute Gasteiger partial charge is 0.240 e. The number of sulfonamides is 1. The lowest BCUT2D eigenvalue weighted by molar-refractivity contribution is 0.333. The van der Waals surface area contributed by atoms with Gasteiger partial charge < -0.3 is 4.74 Å². The van der Waals surface area contributed by atoms with Crippen LogP contribution < -0.4 is 9.46 Å². The predicted molar refractivity (Wildman–Crippen MR) is 77.1 cm³/mol. The van der Waals surface area contributed by atoms with Crippen molar-refractivity contribution in [3.05, 3.63) is 24.3 Å².